The van der Waals surface area contributed by atoms with Crippen LogP contribution >= 0.6 is 0 Å². The Balaban J connectivity index is 1.88. The van der Waals surface area contributed by atoms with Gasteiger partial charge in [-0.05, 0) is 37.9 Å². The number of nitrogens with zero attached hydrogens (tertiary/aromatic N) is 2. The zero-order chi connectivity index (χ0) is 13.5. The Bertz CT molecular complexity index is 388. The van der Waals surface area contributed by atoms with Crippen LogP contribution in [0.15, 0.2) is 24.4 Å². The van der Waals surface area contributed by atoms with Gasteiger partial charge < -0.3 is 10.2 Å². The fraction of sp³-hybridized carbons (Fsp3) is 0.600. The van der Waals surface area contributed by atoms with Crippen molar-refractivity contribution in [1.82, 2.24) is 15.2 Å². The monoisotopic (exact) mass is 261 g/mol. The Kier molecular flexibility index (Phi) is 5.33. The van der Waals surface area contributed by atoms with Gasteiger partial charge in [0.15, 0.2) is 0 Å². The lowest BCUT2D eigenvalue weighted by Gasteiger charge is -2.28. The third-order valence-electron chi connectivity index (χ3n) is 3.58. The summed E-state index contributed by atoms with van der Waals surface area (Å²) in [5, 5.41) is 3.33. The van der Waals surface area contributed by atoms with Crippen molar-refractivity contribution >= 4 is 5.91 Å². The second-order valence-electron chi connectivity index (χ2n) is 5.05. The minimum atomic E-state index is 0.265. The van der Waals surface area contributed by atoms with Crippen LogP contribution in [0.3, 0.4) is 0 Å². The maximum atomic E-state index is 12.4. The van der Waals surface area contributed by atoms with E-state index in [1.165, 1.54) is 0 Å². The highest BCUT2D eigenvalue weighted by molar-refractivity contribution is 5.76. The van der Waals surface area contributed by atoms with Gasteiger partial charge in [-0.3, -0.25) is 9.78 Å². The molecule has 1 N–H and O–H groups in total. The highest BCUT2D eigenvalue weighted by Gasteiger charge is 2.25. The number of amides is 1. The molecule has 1 amide bonds. The summed E-state index contributed by atoms with van der Waals surface area (Å²) in [5.74, 6) is 0.265. The van der Waals surface area contributed by atoms with E-state index in [0.717, 1.165) is 44.6 Å². The number of hydrogen-bond acceptors (Lipinski definition) is 3. The highest BCUT2D eigenvalue weighted by atomic mass is 16.2. The molecule has 1 unspecified atom stereocenters. The van der Waals surface area contributed by atoms with Crippen LogP contribution in [0.4, 0.5) is 0 Å². The van der Waals surface area contributed by atoms with Gasteiger partial charge in [-0.1, -0.05) is 13.0 Å². The molecule has 1 saturated heterocycles. The molecular weight excluding hydrogens is 238 g/mol. The zero-order valence-corrected chi connectivity index (χ0v) is 11.6. The van der Waals surface area contributed by atoms with Crippen molar-refractivity contribution in [2.24, 2.45) is 0 Å². The molecule has 4 heteroatoms. The smallest absolute Gasteiger partial charge is 0.223 e. The van der Waals surface area contributed by atoms with E-state index in [1.54, 1.807) is 6.20 Å². The second-order valence-corrected chi connectivity index (χ2v) is 5.05. The van der Waals surface area contributed by atoms with Crippen LogP contribution in [0.1, 0.15) is 31.9 Å². The molecule has 1 aliphatic heterocycles. The number of pyridine rings is 1. The number of carbonyl (C=O) groups excluding carboxylic acids is 1. The van der Waals surface area contributed by atoms with Crippen LogP contribution < -0.4 is 5.32 Å². The molecule has 0 spiro atoms. The van der Waals surface area contributed by atoms with Gasteiger partial charge in [0.25, 0.3) is 0 Å². The lowest BCUT2D eigenvalue weighted by molar-refractivity contribution is -0.133. The first kappa shape index (κ1) is 14.0. The third-order valence-corrected chi connectivity index (χ3v) is 3.58. The van der Waals surface area contributed by atoms with Gasteiger partial charge in [0.05, 0.1) is 0 Å². The lowest BCUT2D eigenvalue weighted by Crippen LogP contribution is -2.42. The lowest BCUT2D eigenvalue weighted by atomic mass is 10.1. The summed E-state index contributed by atoms with van der Waals surface area (Å²) < 4.78 is 0. The molecule has 2 heterocycles. The van der Waals surface area contributed by atoms with Crippen LogP contribution in [0.2, 0.25) is 0 Å². The molecule has 1 atom stereocenters. The summed E-state index contributed by atoms with van der Waals surface area (Å²) in [6.45, 7) is 4.96. The summed E-state index contributed by atoms with van der Waals surface area (Å²) in [6, 6.07) is 6.24. The minimum absolute atomic E-state index is 0.265. The number of carbonyl (C=O) groups is 1. The van der Waals surface area contributed by atoms with E-state index in [4.69, 9.17) is 0 Å². The number of aryl methyl sites for hydroxylation is 1. The van der Waals surface area contributed by atoms with Crippen molar-refractivity contribution in [3.63, 3.8) is 0 Å². The summed E-state index contributed by atoms with van der Waals surface area (Å²) in [5.41, 5.74) is 0.997. The first-order valence-electron chi connectivity index (χ1n) is 7.21. The second kappa shape index (κ2) is 7.24. The average Bonchev–Trinajstić information content (AvgIpc) is 2.97. The Morgan fingerprint density at radius 2 is 2.42 bits per heavy atom. The topological polar surface area (TPSA) is 45.2 Å². The quantitative estimate of drug-likeness (QED) is 0.846. The van der Waals surface area contributed by atoms with Crippen LogP contribution in [-0.4, -0.2) is 41.5 Å². The molecule has 1 aromatic heterocycles. The summed E-state index contributed by atoms with van der Waals surface area (Å²) >= 11 is 0. The molecule has 0 saturated carbocycles. The van der Waals surface area contributed by atoms with E-state index in [2.05, 4.69) is 22.1 Å². The van der Waals surface area contributed by atoms with Gasteiger partial charge in [0, 0.05) is 37.4 Å². The number of aromatic nitrogens is 1. The van der Waals surface area contributed by atoms with Gasteiger partial charge in [-0.2, -0.15) is 0 Å². The molecule has 0 aliphatic carbocycles. The van der Waals surface area contributed by atoms with E-state index < -0.39 is 0 Å². The zero-order valence-electron chi connectivity index (χ0n) is 11.6. The molecule has 1 fully saturated rings. The van der Waals surface area contributed by atoms with Crippen molar-refractivity contribution in [1.29, 1.82) is 0 Å². The predicted molar refractivity (Wildman–Crippen MR) is 75.8 cm³/mol. The Labute approximate surface area is 115 Å². The largest absolute Gasteiger partial charge is 0.338 e. The predicted octanol–water partition coefficient (Wildman–Crippen LogP) is 1.61. The molecule has 1 aromatic rings. The third kappa shape index (κ3) is 4.03. The Hall–Kier alpha value is -1.42. The van der Waals surface area contributed by atoms with Gasteiger partial charge in [0.1, 0.15) is 0 Å². The molecule has 0 radical (unpaired) electrons. The average molecular weight is 261 g/mol. The van der Waals surface area contributed by atoms with Gasteiger partial charge in [-0.15, -0.1) is 0 Å². The fourth-order valence-corrected chi connectivity index (χ4v) is 2.58. The summed E-state index contributed by atoms with van der Waals surface area (Å²) in [4.78, 5) is 18.7. The van der Waals surface area contributed by atoms with Crippen LogP contribution in [-0.2, 0) is 11.2 Å². The van der Waals surface area contributed by atoms with E-state index >= 15 is 0 Å². The maximum Gasteiger partial charge on any atom is 0.223 e. The van der Waals surface area contributed by atoms with E-state index in [-0.39, 0.29) is 5.91 Å². The standard InChI is InChI=1S/C15H23N3O/c1-2-11-18(14-8-10-16-12-14)15(19)7-6-13-5-3-4-9-17-13/h3-5,9,14,16H,2,6-8,10-12H2,1H3. The van der Waals surface area contributed by atoms with Crippen LogP contribution in [0.5, 0.6) is 0 Å². The van der Waals surface area contributed by atoms with Crippen LogP contribution in [0.25, 0.3) is 0 Å². The molecular formula is C15H23N3O. The molecule has 2 rings (SSSR count). The van der Waals surface area contributed by atoms with Crippen molar-refractivity contribution in [3.05, 3.63) is 30.1 Å². The van der Waals surface area contributed by atoms with Crippen LogP contribution in [0, 0.1) is 0 Å². The Morgan fingerprint density at radius 3 is 3.05 bits per heavy atom. The molecule has 4 nitrogen and oxygen atoms in total. The first-order chi connectivity index (χ1) is 9.31. The minimum Gasteiger partial charge on any atom is -0.338 e. The van der Waals surface area contributed by atoms with E-state index in [0.29, 0.717) is 12.5 Å². The summed E-state index contributed by atoms with van der Waals surface area (Å²) in [6.07, 6.45) is 5.18. The van der Waals surface area contributed by atoms with Gasteiger partial charge in [0.2, 0.25) is 5.91 Å². The van der Waals surface area contributed by atoms with E-state index in [9.17, 15) is 4.79 Å². The van der Waals surface area contributed by atoms with Gasteiger partial charge in [-0.25, -0.2) is 0 Å². The molecule has 19 heavy (non-hydrogen) atoms. The van der Waals surface area contributed by atoms with Gasteiger partial charge >= 0.3 is 0 Å². The first-order valence-corrected chi connectivity index (χ1v) is 7.21. The number of nitrogens with one attached hydrogen (secondary N) is 1. The highest BCUT2D eigenvalue weighted by Crippen LogP contribution is 2.12. The van der Waals surface area contributed by atoms with Crippen molar-refractivity contribution in [2.45, 2.75) is 38.6 Å². The maximum absolute atomic E-state index is 12.4. The van der Waals surface area contributed by atoms with Crippen molar-refractivity contribution in [2.75, 3.05) is 19.6 Å². The normalized spacial score (nSPS) is 18.5. The molecule has 104 valence electrons. The molecule has 0 aromatic carbocycles. The summed E-state index contributed by atoms with van der Waals surface area (Å²) in [7, 11) is 0. The van der Waals surface area contributed by atoms with Crippen molar-refractivity contribution < 1.29 is 4.79 Å². The number of rotatable bonds is 6. The molecule has 1 aliphatic rings. The fourth-order valence-electron chi connectivity index (χ4n) is 2.58. The van der Waals surface area contributed by atoms with Crippen molar-refractivity contribution in [3.8, 4) is 0 Å². The molecule has 0 bridgehead atoms. The van der Waals surface area contributed by atoms with E-state index in [1.807, 2.05) is 18.2 Å². The SMILES string of the molecule is CCCN(C(=O)CCc1ccccn1)C1CCNC1. The Morgan fingerprint density at radius 1 is 1.53 bits per heavy atom. The number of hydrogen-bond donors (Lipinski definition) is 1.